The molecule has 0 atom stereocenters. The van der Waals surface area contributed by atoms with Crippen LogP contribution >= 0.6 is 0 Å². The number of hydrogen-bond donors (Lipinski definition) is 2. The van der Waals surface area contributed by atoms with Crippen molar-refractivity contribution in [2.45, 2.75) is 79.1 Å². The van der Waals surface area contributed by atoms with E-state index in [2.05, 4.69) is 61.9 Å². The molecule has 1 saturated heterocycles. The van der Waals surface area contributed by atoms with Gasteiger partial charge in [-0.15, -0.1) is 0 Å². The average Bonchev–Trinajstić information content (AvgIpc) is 3.04. The number of nitrogens with zero attached hydrogens (tertiary/aromatic N) is 2. The lowest BCUT2D eigenvalue weighted by Gasteiger charge is -2.27. The van der Waals surface area contributed by atoms with Gasteiger partial charge in [0, 0.05) is 37.4 Å². The first-order valence-corrected chi connectivity index (χ1v) is 12.5. The average molecular weight is 435 g/mol. The molecular formula is C28H42N4. The zero-order chi connectivity index (χ0) is 23.1. The largest absolute Gasteiger partial charge is 0.398 e. The number of hydrogen-bond acceptors (Lipinski definition) is 4. The van der Waals surface area contributed by atoms with E-state index in [1.807, 2.05) is 0 Å². The summed E-state index contributed by atoms with van der Waals surface area (Å²) in [6.07, 6.45) is 9.51. The third-order valence-electron chi connectivity index (χ3n) is 6.81. The van der Waals surface area contributed by atoms with Gasteiger partial charge in [-0.05, 0) is 85.8 Å². The number of amidine groups is 1. The summed E-state index contributed by atoms with van der Waals surface area (Å²) in [6, 6.07) is 8.87. The topological polar surface area (TPSA) is 67.6 Å². The minimum Gasteiger partial charge on any atom is -0.398 e. The summed E-state index contributed by atoms with van der Waals surface area (Å²) in [6.45, 7) is 12.1. The first-order chi connectivity index (χ1) is 15.4. The lowest BCUT2D eigenvalue weighted by atomic mass is 9.94. The fraction of sp³-hybridized carbons (Fsp3) is 0.536. The van der Waals surface area contributed by atoms with Gasteiger partial charge in [0.1, 0.15) is 0 Å². The van der Waals surface area contributed by atoms with Gasteiger partial charge in [-0.2, -0.15) is 0 Å². The highest BCUT2D eigenvalue weighted by Gasteiger charge is 2.16. The molecule has 2 heterocycles. The van der Waals surface area contributed by atoms with Gasteiger partial charge in [0.15, 0.2) is 0 Å². The van der Waals surface area contributed by atoms with Crippen LogP contribution in [0.5, 0.6) is 0 Å². The van der Waals surface area contributed by atoms with Crippen LogP contribution in [0.4, 0.5) is 11.4 Å². The van der Waals surface area contributed by atoms with Gasteiger partial charge in [-0.1, -0.05) is 44.5 Å². The second-order valence-corrected chi connectivity index (χ2v) is 9.30. The first kappa shape index (κ1) is 24.2. The van der Waals surface area contributed by atoms with E-state index in [0.717, 1.165) is 37.2 Å². The summed E-state index contributed by atoms with van der Waals surface area (Å²) in [7, 11) is 0. The number of rotatable bonds is 4. The molecule has 2 aliphatic rings. The highest BCUT2D eigenvalue weighted by molar-refractivity contribution is 5.83. The molecule has 0 spiro atoms. The summed E-state index contributed by atoms with van der Waals surface area (Å²) in [5.74, 6) is 1.40. The van der Waals surface area contributed by atoms with E-state index in [-0.39, 0.29) is 0 Å². The van der Waals surface area contributed by atoms with Gasteiger partial charge in [0.25, 0.3) is 0 Å². The minimum atomic E-state index is 0.933. The number of aryl methyl sites for hydroxylation is 4. The van der Waals surface area contributed by atoms with E-state index in [9.17, 15) is 0 Å². The van der Waals surface area contributed by atoms with Crippen molar-refractivity contribution < 1.29 is 0 Å². The van der Waals surface area contributed by atoms with Crippen LogP contribution in [0, 0.1) is 13.8 Å². The normalized spacial score (nSPS) is 15.9. The zero-order valence-electron chi connectivity index (χ0n) is 20.6. The maximum Gasteiger partial charge on any atom is 0.0988 e. The number of aliphatic imine (C=N–C) groups is 1. The van der Waals surface area contributed by atoms with E-state index in [4.69, 9.17) is 11.5 Å². The second-order valence-electron chi connectivity index (χ2n) is 9.30. The molecule has 2 aromatic rings. The van der Waals surface area contributed by atoms with Crippen molar-refractivity contribution >= 4 is 17.2 Å². The van der Waals surface area contributed by atoms with Crippen molar-refractivity contribution in [1.82, 2.24) is 4.90 Å². The summed E-state index contributed by atoms with van der Waals surface area (Å²) in [4.78, 5) is 7.04. The molecule has 4 rings (SSSR count). The maximum atomic E-state index is 6.13. The van der Waals surface area contributed by atoms with Crippen molar-refractivity contribution in [3.63, 3.8) is 0 Å². The van der Waals surface area contributed by atoms with Crippen LogP contribution in [0.1, 0.15) is 79.3 Å². The molecule has 0 unspecified atom stereocenters. The highest BCUT2D eigenvalue weighted by atomic mass is 15.2. The molecule has 0 radical (unpaired) electrons. The predicted octanol–water partition coefficient (Wildman–Crippen LogP) is 5.85. The van der Waals surface area contributed by atoms with Crippen molar-refractivity contribution in [2.24, 2.45) is 4.99 Å². The molecule has 0 aliphatic carbocycles. The van der Waals surface area contributed by atoms with Crippen LogP contribution < -0.4 is 11.5 Å². The lowest BCUT2D eigenvalue weighted by molar-refractivity contribution is 0.391. The molecule has 2 aromatic carbocycles. The Morgan fingerprint density at radius 2 is 1.34 bits per heavy atom. The quantitative estimate of drug-likeness (QED) is 0.593. The molecule has 32 heavy (non-hydrogen) atoms. The van der Waals surface area contributed by atoms with Gasteiger partial charge in [-0.3, -0.25) is 4.99 Å². The maximum absolute atomic E-state index is 6.13. The number of nitrogens with two attached hydrogens (primary N) is 2. The van der Waals surface area contributed by atoms with Crippen LogP contribution in [-0.2, 0) is 19.3 Å². The standard InChI is InChI=1S/C19H26N2.C9H16N2/c1-5-16-10-14(7-12(3)18(16)20)9-15-8-13(4)19(21)17(6-2)11-15;1-2-5-9-10-6-4-8-11(9)7-3-1/h7-8,10-11H,5-6,9,20-21H2,1-4H3;1-8H2. The van der Waals surface area contributed by atoms with E-state index >= 15 is 0 Å². The molecule has 0 amide bonds. The first-order valence-electron chi connectivity index (χ1n) is 12.5. The van der Waals surface area contributed by atoms with Crippen molar-refractivity contribution in [2.75, 3.05) is 31.1 Å². The Bertz CT molecular complexity index is 887. The van der Waals surface area contributed by atoms with Crippen LogP contribution in [0.15, 0.2) is 29.3 Å². The van der Waals surface area contributed by atoms with Crippen LogP contribution in [0.25, 0.3) is 0 Å². The summed E-state index contributed by atoms with van der Waals surface area (Å²) in [5, 5.41) is 0. The number of anilines is 2. The van der Waals surface area contributed by atoms with E-state index < -0.39 is 0 Å². The molecule has 1 fully saturated rings. The smallest absolute Gasteiger partial charge is 0.0988 e. The SMILES string of the molecule is C1CCC2=NCCCN2CC1.CCc1cc(Cc2cc(C)c(N)c(CC)c2)cc(C)c1N. The minimum absolute atomic E-state index is 0.933. The molecule has 4 nitrogen and oxygen atoms in total. The molecule has 4 N–H and O–H groups in total. The van der Waals surface area contributed by atoms with Gasteiger partial charge in [0.2, 0.25) is 0 Å². The Morgan fingerprint density at radius 1 is 0.781 bits per heavy atom. The van der Waals surface area contributed by atoms with Crippen molar-refractivity contribution in [3.05, 3.63) is 57.6 Å². The molecule has 0 saturated carbocycles. The lowest BCUT2D eigenvalue weighted by Crippen LogP contribution is -2.34. The molecule has 174 valence electrons. The number of nitrogen functional groups attached to an aromatic ring is 2. The Labute approximate surface area is 195 Å². The summed E-state index contributed by atoms with van der Waals surface area (Å²) in [5.41, 5.74) is 21.6. The van der Waals surface area contributed by atoms with Gasteiger partial charge in [-0.25, -0.2) is 0 Å². The predicted molar refractivity (Wildman–Crippen MR) is 140 cm³/mol. The van der Waals surface area contributed by atoms with Gasteiger partial charge in [0.05, 0.1) is 5.84 Å². The third-order valence-corrected chi connectivity index (χ3v) is 6.81. The van der Waals surface area contributed by atoms with Crippen LogP contribution in [0.2, 0.25) is 0 Å². The summed E-state index contributed by atoms with van der Waals surface area (Å²) < 4.78 is 0. The molecule has 0 bridgehead atoms. The van der Waals surface area contributed by atoms with E-state index in [1.54, 1.807) is 0 Å². The van der Waals surface area contributed by atoms with Crippen molar-refractivity contribution in [1.29, 1.82) is 0 Å². The van der Waals surface area contributed by atoms with Crippen LogP contribution in [-0.4, -0.2) is 30.4 Å². The highest BCUT2D eigenvalue weighted by Crippen LogP contribution is 2.25. The van der Waals surface area contributed by atoms with Crippen LogP contribution in [0.3, 0.4) is 0 Å². The summed E-state index contributed by atoms with van der Waals surface area (Å²) >= 11 is 0. The second kappa shape index (κ2) is 11.4. The molecule has 0 aromatic heterocycles. The third kappa shape index (κ3) is 6.05. The zero-order valence-corrected chi connectivity index (χ0v) is 20.6. The van der Waals surface area contributed by atoms with Crippen molar-refractivity contribution in [3.8, 4) is 0 Å². The monoisotopic (exact) mass is 434 g/mol. The molecule has 2 aliphatic heterocycles. The Kier molecular flexibility index (Phi) is 8.60. The molecular weight excluding hydrogens is 392 g/mol. The Morgan fingerprint density at radius 3 is 1.91 bits per heavy atom. The number of fused-ring (bicyclic) bond motifs is 1. The fourth-order valence-corrected chi connectivity index (χ4v) is 4.87. The molecule has 4 heteroatoms. The van der Waals surface area contributed by atoms with Gasteiger partial charge < -0.3 is 16.4 Å². The van der Waals surface area contributed by atoms with Gasteiger partial charge >= 0.3 is 0 Å². The Hall–Kier alpha value is -2.49. The van der Waals surface area contributed by atoms with E-state index in [1.165, 1.54) is 84.4 Å². The number of benzene rings is 2. The fourth-order valence-electron chi connectivity index (χ4n) is 4.87. The Balaban J connectivity index is 0.000000219. The van der Waals surface area contributed by atoms with E-state index in [0.29, 0.717) is 0 Å².